The summed E-state index contributed by atoms with van der Waals surface area (Å²) in [6.45, 7) is 0. The van der Waals surface area contributed by atoms with Crippen LogP contribution in [-0.4, -0.2) is 22.5 Å². The predicted octanol–water partition coefficient (Wildman–Crippen LogP) is 1.11. The minimum Gasteiger partial charge on any atom is -0.469 e. The van der Waals surface area contributed by atoms with E-state index < -0.39 is 0 Å². The second kappa shape index (κ2) is 3.18. The number of aromatic nitrogens is 2. The molecule has 0 atom stereocenters. The molecule has 2 heterocycles. The van der Waals surface area contributed by atoms with E-state index in [0.29, 0.717) is 6.42 Å². The molecule has 0 bridgehead atoms. The van der Waals surface area contributed by atoms with E-state index in [1.54, 1.807) is 6.20 Å². The maximum Gasteiger partial charge on any atom is 0.311 e. The normalized spacial score (nSPS) is 10.5. The van der Waals surface area contributed by atoms with Crippen molar-refractivity contribution < 1.29 is 9.53 Å². The fourth-order valence-electron chi connectivity index (χ4n) is 1.12. The van der Waals surface area contributed by atoms with Crippen molar-refractivity contribution >= 4 is 22.3 Å². The van der Waals surface area contributed by atoms with Crippen LogP contribution in [0.5, 0.6) is 0 Å². The Morgan fingerprint density at radius 2 is 2.62 bits per heavy atom. The number of methoxy groups -OCH3 is 1. The van der Waals surface area contributed by atoms with Gasteiger partial charge in [-0.1, -0.05) is 0 Å². The number of thiazole rings is 1. The Morgan fingerprint density at radius 1 is 1.77 bits per heavy atom. The lowest BCUT2D eigenvalue weighted by Gasteiger charge is -1.96. The number of nitrogens with zero attached hydrogens (tertiary/aromatic N) is 2. The van der Waals surface area contributed by atoms with Gasteiger partial charge in [0.2, 0.25) is 0 Å². The Hall–Kier alpha value is -1.36. The van der Waals surface area contributed by atoms with E-state index in [9.17, 15) is 4.79 Å². The number of imidazole rings is 1. The Balaban J connectivity index is 2.33. The smallest absolute Gasteiger partial charge is 0.311 e. The van der Waals surface area contributed by atoms with Crippen molar-refractivity contribution in [1.29, 1.82) is 0 Å². The molecule has 0 aromatic carbocycles. The molecular weight excluding hydrogens is 188 g/mol. The maximum absolute atomic E-state index is 11.0. The Labute approximate surface area is 78.8 Å². The van der Waals surface area contributed by atoms with Crippen LogP contribution in [0.4, 0.5) is 0 Å². The van der Waals surface area contributed by atoms with Crippen molar-refractivity contribution in [3.8, 4) is 0 Å². The molecule has 0 amide bonds. The number of carbonyl (C=O) groups excluding carboxylic acids is 1. The van der Waals surface area contributed by atoms with Crippen LogP contribution >= 0.6 is 11.3 Å². The van der Waals surface area contributed by atoms with Gasteiger partial charge in [-0.15, -0.1) is 11.3 Å². The lowest BCUT2D eigenvalue weighted by atomic mass is 10.3. The number of rotatable bonds is 2. The lowest BCUT2D eigenvalue weighted by Crippen LogP contribution is -2.05. The quantitative estimate of drug-likeness (QED) is 0.676. The van der Waals surface area contributed by atoms with E-state index in [0.717, 1.165) is 10.7 Å². The summed E-state index contributed by atoms with van der Waals surface area (Å²) in [6, 6.07) is 0. The van der Waals surface area contributed by atoms with Crippen molar-refractivity contribution in [3.63, 3.8) is 0 Å². The summed E-state index contributed by atoms with van der Waals surface area (Å²) in [7, 11) is 1.39. The van der Waals surface area contributed by atoms with E-state index in [1.807, 2.05) is 16.0 Å². The summed E-state index contributed by atoms with van der Waals surface area (Å²) >= 11 is 1.52. The summed E-state index contributed by atoms with van der Waals surface area (Å²) in [5.74, 6) is -0.228. The highest BCUT2D eigenvalue weighted by molar-refractivity contribution is 7.15. The number of hydrogen-bond donors (Lipinski definition) is 0. The topological polar surface area (TPSA) is 43.6 Å². The summed E-state index contributed by atoms with van der Waals surface area (Å²) in [4.78, 5) is 16.0. The zero-order chi connectivity index (χ0) is 9.26. The van der Waals surface area contributed by atoms with Gasteiger partial charge in [0.15, 0.2) is 4.96 Å². The molecule has 0 aliphatic carbocycles. The van der Waals surface area contributed by atoms with Crippen LogP contribution < -0.4 is 0 Å². The second-order valence-electron chi connectivity index (χ2n) is 2.56. The van der Waals surface area contributed by atoms with Crippen LogP contribution in [0.3, 0.4) is 0 Å². The van der Waals surface area contributed by atoms with Crippen molar-refractivity contribution in [2.45, 2.75) is 6.42 Å². The van der Waals surface area contributed by atoms with E-state index in [-0.39, 0.29) is 5.97 Å². The molecule has 13 heavy (non-hydrogen) atoms. The summed E-state index contributed by atoms with van der Waals surface area (Å²) in [6.07, 6.45) is 3.85. The minimum atomic E-state index is -0.228. The highest BCUT2D eigenvalue weighted by atomic mass is 32.1. The van der Waals surface area contributed by atoms with Crippen LogP contribution in [0.1, 0.15) is 5.69 Å². The fraction of sp³-hybridized carbons (Fsp3) is 0.250. The fourth-order valence-corrected chi connectivity index (χ4v) is 1.97. The van der Waals surface area contributed by atoms with Gasteiger partial charge in [0.25, 0.3) is 0 Å². The zero-order valence-electron chi connectivity index (χ0n) is 7.06. The lowest BCUT2D eigenvalue weighted by molar-refractivity contribution is -0.139. The van der Waals surface area contributed by atoms with Gasteiger partial charge in [-0.2, -0.15) is 0 Å². The minimum absolute atomic E-state index is 0.228. The Bertz CT molecular complexity index is 432. The molecule has 0 unspecified atom stereocenters. The molecule has 0 N–H and O–H groups in total. The third-order valence-corrected chi connectivity index (χ3v) is 2.67. The van der Waals surface area contributed by atoms with Gasteiger partial charge in [-0.05, 0) is 0 Å². The predicted molar refractivity (Wildman–Crippen MR) is 48.8 cm³/mol. The highest BCUT2D eigenvalue weighted by Crippen LogP contribution is 2.14. The molecule has 0 spiro atoms. The summed E-state index contributed by atoms with van der Waals surface area (Å²) in [5, 5.41) is 1.92. The molecule has 68 valence electrons. The Morgan fingerprint density at radius 3 is 3.38 bits per heavy atom. The monoisotopic (exact) mass is 196 g/mol. The van der Waals surface area contributed by atoms with Crippen molar-refractivity contribution in [3.05, 3.63) is 23.5 Å². The van der Waals surface area contributed by atoms with Gasteiger partial charge < -0.3 is 4.74 Å². The molecule has 0 radical (unpaired) electrons. The van der Waals surface area contributed by atoms with E-state index >= 15 is 0 Å². The van der Waals surface area contributed by atoms with Crippen molar-refractivity contribution in [2.24, 2.45) is 0 Å². The molecule has 2 aromatic heterocycles. The van der Waals surface area contributed by atoms with Gasteiger partial charge in [-0.25, -0.2) is 4.98 Å². The molecule has 0 aliphatic rings. The zero-order valence-corrected chi connectivity index (χ0v) is 7.87. The molecule has 5 heteroatoms. The third kappa shape index (κ3) is 1.42. The number of hydrogen-bond acceptors (Lipinski definition) is 4. The van der Waals surface area contributed by atoms with Gasteiger partial charge in [0.05, 0.1) is 13.5 Å². The first kappa shape index (κ1) is 8.25. The summed E-state index contributed by atoms with van der Waals surface area (Å²) < 4.78 is 6.47. The van der Waals surface area contributed by atoms with Gasteiger partial charge >= 0.3 is 5.97 Å². The molecule has 4 nitrogen and oxygen atoms in total. The average molecular weight is 196 g/mol. The van der Waals surface area contributed by atoms with Gasteiger partial charge in [0.1, 0.15) is 0 Å². The molecule has 0 aliphatic heterocycles. The standard InChI is InChI=1S/C8H8N2O2S/c1-12-7(11)4-6-5-13-8-9-2-3-10(6)8/h2-3,5H,4H2,1H3. The van der Waals surface area contributed by atoms with E-state index in [4.69, 9.17) is 0 Å². The Kier molecular flexibility index (Phi) is 2.02. The van der Waals surface area contributed by atoms with Gasteiger partial charge in [-0.3, -0.25) is 9.20 Å². The molecular formula is C8H8N2O2S. The first-order chi connectivity index (χ1) is 6.31. The summed E-state index contributed by atoms with van der Waals surface area (Å²) in [5.41, 5.74) is 0.921. The molecule has 2 aromatic rings. The first-order valence-electron chi connectivity index (χ1n) is 3.77. The number of fused-ring (bicyclic) bond motifs is 1. The van der Waals surface area contributed by atoms with Crippen LogP contribution in [0.25, 0.3) is 4.96 Å². The van der Waals surface area contributed by atoms with Crippen LogP contribution in [0.2, 0.25) is 0 Å². The SMILES string of the molecule is COC(=O)Cc1csc2nccn12. The molecule has 0 fully saturated rings. The molecule has 0 saturated carbocycles. The largest absolute Gasteiger partial charge is 0.469 e. The van der Waals surface area contributed by atoms with Crippen molar-refractivity contribution in [2.75, 3.05) is 7.11 Å². The van der Waals surface area contributed by atoms with E-state index in [2.05, 4.69) is 9.72 Å². The van der Waals surface area contributed by atoms with Crippen molar-refractivity contribution in [1.82, 2.24) is 9.38 Å². The number of esters is 1. The van der Waals surface area contributed by atoms with Crippen LogP contribution in [-0.2, 0) is 16.0 Å². The molecule has 0 saturated heterocycles. The highest BCUT2D eigenvalue weighted by Gasteiger charge is 2.08. The van der Waals surface area contributed by atoms with Crippen LogP contribution in [0, 0.1) is 0 Å². The average Bonchev–Trinajstić information content (AvgIpc) is 2.69. The number of carbonyl (C=O) groups is 1. The van der Waals surface area contributed by atoms with E-state index in [1.165, 1.54) is 18.4 Å². The van der Waals surface area contributed by atoms with Crippen LogP contribution in [0.15, 0.2) is 17.8 Å². The van der Waals surface area contributed by atoms with Gasteiger partial charge in [0, 0.05) is 23.5 Å². The maximum atomic E-state index is 11.0. The second-order valence-corrected chi connectivity index (χ2v) is 3.40. The third-order valence-electron chi connectivity index (χ3n) is 1.77. The first-order valence-corrected chi connectivity index (χ1v) is 4.65. The molecule has 2 rings (SSSR count). The number of ether oxygens (including phenoxy) is 1.